The predicted octanol–water partition coefficient (Wildman–Crippen LogP) is 2.41. The zero-order valence-corrected chi connectivity index (χ0v) is 12.3. The van der Waals surface area contributed by atoms with Crippen LogP contribution in [0.5, 0.6) is 0 Å². The van der Waals surface area contributed by atoms with E-state index in [1.54, 1.807) is 6.92 Å². The van der Waals surface area contributed by atoms with Crippen molar-refractivity contribution in [1.82, 2.24) is 0 Å². The lowest BCUT2D eigenvalue weighted by atomic mass is 10.1. The highest BCUT2D eigenvalue weighted by molar-refractivity contribution is 7.30. The largest absolute Gasteiger partial charge is 0.566 e. The summed E-state index contributed by atoms with van der Waals surface area (Å²) >= 11 is 0. The molecule has 0 spiro atoms. The molecule has 0 fully saturated rings. The molecule has 0 radical (unpaired) electrons. The zero-order valence-electron chi connectivity index (χ0n) is 11.5. The fraction of sp³-hybridized carbons (Fsp3) is 1.00. The van der Waals surface area contributed by atoms with Crippen LogP contribution in [0, 0.1) is 0 Å². The Kier molecular flexibility index (Phi) is 20.9. The summed E-state index contributed by atoms with van der Waals surface area (Å²) in [5.74, 6) is 0. The summed E-state index contributed by atoms with van der Waals surface area (Å²) in [6.07, 6.45) is 11.3. The van der Waals surface area contributed by atoms with Gasteiger partial charge in [-0.2, -0.15) is 0 Å². The van der Waals surface area contributed by atoms with Crippen molar-refractivity contribution in [2.75, 3.05) is 13.2 Å². The van der Waals surface area contributed by atoms with E-state index in [0.29, 0.717) is 0 Å². The first-order chi connectivity index (χ1) is 8.18. The van der Waals surface area contributed by atoms with Crippen molar-refractivity contribution < 1.29 is 19.7 Å². The Bertz CT molecular complexity index is 149. The summed E-state index contributed by atoms with van der Waals surface area (Å²) in [5, 5.41) is 0. The number of unbranched alkanes of at least 4 members (excludes halogenated alkanes) is 7. The molecule has 17 heavy (non-hydrogen) atoms. The lowest BCUT2D eigenvalue weighted by molar-refractivity contribution is -0.368. The second kappa shape index (κ2) is 18.3. The molecular formula is C12H29NO3P+. The average Bonchev–Trinajstić information content (AvgIpc) is 2.29. The van der Waals surface area contributed by atoms with Gasteiger partial charge in [0.1, 0.15) is 0 Å². The number of hydrogen-bond donors (Lipinski definition) is 1. The Morgan fingerprint density at radius 2 is 1.47 bits per heavy atom. The minimum atomic E-state index is -2.60. The Balaban J connectivity index is 0. The maximum absolute atomic E-state index is 9.41. The van der Waals surface area contributed by atoms with Crippen LogP contribution in [0.2, 0.25) is 0 Å². The average molecular weight is 266 g/mol. The topological polar surface area (TPSA) is 77.0 Å². The normalized spacial score (nSPS) is 10.7. The summed E-state index contributed by atoms with van der Waals surface area (Å²) in [4.78, 5) is 9.41. The third kappa shape index (κ3) is 25.9. The molecule has 3 N–H and O–H groups in total. The van der Waals surface area contributed by atoms with Gasteiger partial charge in [0.15, 0.2) is 0 Å². The van der Waals surface area contributed by atoms with Crippen molar-refractivity contribution in [2.45, 2.75) is 65.2 Å². The summed E-state index contributed by atoms with van der Waals surface area (Å²) in [5.41, 5.74) is 3.83. The highest BCUT2D eigenvalue weighted by Crippen LogP contribution is 2.07. The molecule has 0 aliphatic carbocycles. The smallest absolute Gasteiger partial charge is 0.488 e. The third-order valence-electron chi connectivity index (χ3n) is 2.34. The van der Waals surface area contributed by atoms with Gasteiger partial charge in [-0.1, -0.05) is 45.4 Å². The van der Waals surface area contributed by atoms with E-state index in [9.17, 15) is 9.46 Å². The number of hydrogen-bond acceptors (Lipinski definition) is 3. The van der Waals surface area contributed by atoms with E-state index in [4.69, 9.17) is 0 Å². The van der Waals surface area contributed by atoms with Crippen molar-refractivity contribution >= 4 is 8.25 Å². The molecule has 0 saturated heterocycles. The fourth-order valence-electron chi connectivity index (χ4n) is 1.42. The van der Waals surface area contributed by atoms with Crippen molar-refractivity contribution in [3.05, 3.63) is 0 Å². The molecule has 0 aromatic heterocycles. The van der Waals surface area contributed by atoms with E-state index in [0.717, 1.165) is 6.54 Å². The van der Waals surface area contributed by atoms with Gasteiger partial charge in [-0.15, -0.1) is 4.52 Å². The lowest BCUT2D eigenvalue weighted by Crippen LogP contribution is -2.50. The van der Waals surface area contributed by atoms with Gasteiger partial charge in [0.2, 0.25) is 0 Å². The number of quaternary nitrogens is 1. The first-order valence-corrected chi connectivity index (χ1v) is 7.85. The maximum Gasteiger partial charge on any atom is 0.488 e. The second-order valence-electron chi connectivity index (χ2n) is 3.97. The van der Waals surface area contributed by atoms with E-state index in [1.807, 2.05) is 0 Å². The molecule has 5 heteroatoms. The quantitative estimate of drug-likeness (QED) is 0.487. The van der Waals surface area contributed by atoms with Gasteiger partial charge in [0.05, 0.1) is 13.2 Å². The lowest BCUT2D eigenvalue weighted by Gasteiger charge is -1.98. The molecule has 0 bridgehead atoms. The SMILES string of the molecule is CCCCCCCCCC[NH3+].CCO[P+](=O)[O-]. The first-order valence-electron chi connectivity index (χ1n) is 6.75. The molecule has 0 aliphatic heterocycles. The maximum atomic E-state index is 9.41. The van der Waals surface area contributed by atoms with Crippen molar-refractivity contribution in [2.24, 2.45) is 0 Å². The van der Waals surface area contributed by atoms with E-state index in [1.165, 1.54) is 51.4 Å². The molecule has 1 atom stereocenters. The summed E-state index contributed by atoms with van der Waals surface area (Å²) in [6.45, 7) is 5.24. The molecule has 0 aromatic rings. The summed E-state index contributed by atoms with van der Waals surface area (Å²) in [6, 6.07) is 0. The van der Waals surface area contributed by atoms with Gasteiger partial charge in [0, 0.05) is 0 Å². The number of rotatable bonds is 10. The molecule has 1 unspecified atom stereocenters. The van der Waals surface area contributed by atoms with Crippen molar-refractivity contribution in [3.63, 3.8) is 0 Å². The minimum Gasteiger partial charge on any atom is -0.566 e. The molecular weight excluding hydrogens is 237 g/mol. The van der Waals surface area contributed by atoms with Gasteiger partial charge in [0.25, 0.3) is 0 Å². The van der Waals surface area contributed by atoms with Crippen LogP contribution in [0.25, 0.3) is 0 Å². The van der Waals surface area contributed by atoms with Gasteiger partial charge in [-0.3, -0.25) is 0 Å². The Morgan fingerprint density at radius 3 is 1.76 bits per heavy atom. The monoisotopic (exact) mass is 266 g/mol. The highest BCUT2D eigenvalue weighted by Gasteiger charge is 1.92. The van der Waals surface area contributed by atoms with E-state index in [-0.39, 0.29) is 6.61 Å². The summed E-state index contributed by atoms with van der Waals surface area (Å²) in [7, 11) is -2.60. The van der Waals surface area contributed by atoms with Gasteiger partial charge < -0.3 is 10.6 Å². The Labute approximate surface area is 107 Å². The van der Waals surface area contributed by atoms with Crippen LogP contribution < -0.4 is 10.6 Å². The minimum absolute atomic E-state index is 0.235. The molecule has 0 heterocycles. The van der Waals surface area contributed by atoms with Crippen LogP contribution in [0.15, 0.2) is 0 Å². The molecule has 104 valence electrons. The fourth-order valence-corrected chi connectivity index (χ4v) is 1.63. The van der Waals surface area contributed by atoms with Gasteiger partial charge >= 0.3 is 8.25 Å². The third-order valence-corrected chi connectivity index (χ3v) is 2.81. The van der Waals surface area contributed by atoms with E-state index in [2.05, 4.69) is 17.2 Å². The van der Waals surface area contributed by atoms with Gasteiger partial charge in [-0.05, 0) is 24.3 Å². The summed E-state index contributed by atoms with van der Waals surface area (Å²) < 4.78 is 13.4. The standard InChI is InChI=1S/C10H23N.C2H5O3P/c1-2-3-4-5-6-7-8-9-10-11;1-2-5-6(3)4/h2-11H2,1H3;2H2,1H3/p+1. The van der Waals surface area contributed by atoms with Crippen LogP contribution in [-0.4, -0.2) is 13.2 Å². The molecule has 0 saturated carbocycles. The van der Waals surface area contributed by atoms with Crippen molar-refractivity contribution in [1.29, 1.82) is 0 Å². The van der Waals surface area contributed by atoms with Crippen LogP contribution in [0.4, 0.5) is 0 Å². The van der Waals surface area contributed by atoms with Crippen molar-refractivity contribution in [3.8, 4) is 0 Å². The van der Waals surface area contributed by atoms with Crippen LogP contribution in [0.1, 0.15) is 65.2 Å². The van der Waals surface area contributed by atoms with E-state index < -0.39 is 8.25 Å². The van der Waals surface area contributed by atoms with E-state index >= 15 is 0 Å². The molecule has 0 amide bonds. The predicted molar refractivity (Wildman–Crippen MR) is 69.6 cm³/mol. The molecule has 0 aliphatic rings. The van der Waals surface area contributed by atoms with Crippen LogP contribution >= 0.6 is 8.25 Å². The zero-order chi connectivity index (χ0) is 13.4. The Hall–Kier alpha value is -0.0200. The Morgan fingerprint density at radius 1 is 1.00 bits per heavy atom. The van der Waals surface area contributed by atoms with Gasteiger partial charge in [-0.25, -0.2) is 0 Å². The van der Waals surface area contributed by atoms with Crippen LogP contribution in [0.3, 0.4) is 0 Å². The molecule has 0 aromatic carbocycles. The highest BCUT2D eigenvalue weighted by atomic mass is 31.1. The second-order valence-corrected chi connectivity index (χ2v) is 4.68. The molecule has 4 nitrogen and oxygen atoms in total. The first kappa shape index (κ1) is 19.3. The van der Waals surface area contributed by atoms with Crippen LogP contribution in [-0.2, 0) is 9.09 Å². The molecule has 0 rings (SSSR count).